The predicted molar refractivity (Wildman–Crippen MR) is 81.5 cm³/mol. The van der Waals surface area contributed by atoms with Gasteiger partial charge >= 0.3 is 0 Å². The van der Waals surface area contributed by atoms with Crippen LogP contribution < -0.4 is 5.73 Å². The average Bonchev–Trinajstić information content (AvgIpc) is 2.99. The van der Waals surface area contributed by atoms with E-state index in [0.29, 0.717) is 17.7 Å². The molecule has 0 bridgehead atoms. The van der Waals surface area contributed by atoms with E-state index in [0.717, 1.165) is 24.2 Å². The standard InChI is InChI=1S/C15H19N3OS/c16-9-8-11-5-1-2-6-12(11)15-17-14(18-19-15)13-7-3-4-10-20-13/h1-2,5-6,13H,3-4,7-10,16H2. The van der Waals surface area contributed by atoms with Crippen molar-refractivity contribution in [2.75, 3.05) is 12.3 Å². The normalized spacial score (nSPS) is 19.1. The fourth-order valence-corrected chi connectivity index (χ4v) is 3.76. The minimum absolute atomic E-state index is 0.392. The molecule has 1 aromatic heterocycles. The molecule has 0 radical (unpaired) electrons. The molecule has 0 spiro atoms. The van der Waals surface area contributed by atoms with Crippen molar-refractivity contribution in [2.24, 2.45) is 5.73 Å². The summed E-state index contributed by atoms with van der Waals surface area (Å²) >= 11 is 1.93. The third kappa shape index (κ3) is 2.88. The second-order valence-corrected chi connectivity index (χ2v) is 6.32. The topological polar surface area (TPSA) is 64.9 Å². The lowest BCUT2D eigenvalue weighted by atomic mass is 10.0. The highest BCUT2D eigenvalue weighted by Crippen LogP contribution is 2.37. The first kappa shape index (κ1) is 13.6. The molecule has 20 heavy (non-hydrogen) atoms. The Hall–Kier alpha value is -1.33. The molecule has 1 aliphatic rings. The van der Waals surface area contributed by atoms with Crippen LogP contribution in [0.4, 0.5) is 0 Å². The van der Waals surface area contributed by atoms with Gasteiger partial charge in [0.05, 0.1) is 5.25 Å². The average molecular weight is 289 g/mol. The van der Waals surface area contributed by atoms with Gasteiger partial charge in [-0.3, -0.25) is 0 Å². The van der Waals surface area contributed by atoms with Crippen LogP contribution in [-0.4, -0.2) is 22.4 Å². The van der Waals surface area contributed by atoms with E-state index in [1.165, 1.54) is 24.2 Å². The molecule has 1 unspecified atom stereocenters. The molecule has 2 heterocycles. The molecular weight excluding hydrogens is 270 g/mol. The molecule has 2 aromatic rings. The van der Waals surface area contributed by atoms with Gasteiger partial charge in [-0.1, -0.05) is 29.8 Å². The molecule has 1 fully saturated rings. The number of thioether (sulfide) groups is 1. The van der Waals surface area contributed by atoms with E-state index in [4.69, 9.17) is 10.3 Å². The van der Waals surface area contributed by atoms with Crippen LogP contribution in [0, 0.1) is 0 Å². The van der Waals surface area contributed by atoms with Crippen molar-refractivity contribution in [3.8, 4) is 11.5 Å². The first-order chi connectivity index (χ1) is 9.88. The molecule has 3 rings (SSSR count). The Bertz CT molecular complexity index is 564. The van der Waals surface area contributed by atoms with Gasteiger partial charge in [0.2, 0.25) is 0 Å². The minimum Gasteiger partial charge on any atom is -0.334 e. The summed E-state index contributed by atoms with van der Waals surface area (Å²) in [6, 6.07) is 8.11. The van der Waals surface area contributed by atoms with Gasteiger partial charge in [0, 0.05) is 5.56 Å². The van der Waals surface area contributed by atoms with E-state index in [1.807, 2.05) is 30.0 Å². The summed E-state index contributed by atoms with van der Waals surface area (Å²) in [6.07, 6.45) is 4.52. The van der Waals surface area contributed by atoms with Gasteiger partial charge in [-0.05, 0) is 43.2 Å². The van der Waals surface area contributed by atoms with E-state index in [2.05, 4.69) is 16.2 Å². The predicted octanol–water partition coefficient (Wildman–Crippen LogP) is 3.20. The molecule has 106 valence electrons. The molecule has 1 aromatic carbocycles. The monoisotopic (exact) mass is 289 g/mol. The highest BCUT2D eigenvalue weighted by molar-refractivity contribution is 7.99. The first-order valence-electron chi connectivity index (χ1n) is 7.12. The second-order valence-electron chi connectivity index (χ2n) is 5.01. The summed E-state index contributed by atoms with van der Waals surface area (Å²) in [5.41, 5.74) is 7.84. The Labute approximate surface area is 123 Å². The molecule has 5 heteroatoms. The summed E-state index contributed by atoms with van der Waals surface area (Å²) < 4.78 is 5.48. The molecule has 0 amide bonds. The Morgan fingerprint density at radius 2 is 2.20 bits per heavy atom. The van der Waals surface area contributed by atoms with Crippen molar-refractivity contribution >= 4 is 11.8 Å². The third-order valence-corrected chi connectivity index (χ3v) is 4.94. The van der Waals surface area contributed by atoms with Crippen molar-refractivity contribution in [1.82, 2.24) is 10.1 Å². The van der Waals surface area contributed by atoms with Crippen molar-refractivity contribution in [3.63, 3.8) is 0 Å². The van der Waals surface area contributed by atoms with Crippen molar-refractivity contribution in [3.05, 3.63) is 35.7 Å². The fraction of sp³-hybridized carbons (Fsp3) is 0.467. The van der Waals surface area contributed by atoms with Gasteiger partial charge in [-0.2, -0.15) is 16.7 Å². The van der Waals surface area contributed by atoms with Crippen LogP contribution in [0.15, 0.2) is 28.8 Å². The summed E-state index contributed by atoms with van der Waals surface area (Å²) in [7, 11) is 0. The maximum atomic E-state index is 5.66. The van der Waals surface area contributed by atoms with E-state index in [-0.39, 0.29) is 0 Å². The SMILES string of the molecule is NCCc1ccccc1-c1nc(C2CCCCS2)no1. The summed E-state index contributed by atoms with van der Waals surface area (Å²) in [5.74, 6) is 2.65. The fourth-order valence-electron chi connectivity index (χ4n) is 2.52. The molecule has 4 nitrogen and oxygen atoms in total. The van der Waals surface area contributed by atoms with Crippen LogP contribution in [-0.2, 0) is 6.42 Å². The largest absolute Gasteiger partial charge is 0.334 e. The highest BCUT2D eigenvalue weighted by Gasteiger charge is 2.22. The lowest BCUT2D eigenvalue weighted by molar-refractivity contribution is 0.419. The molecule has 0 aliphatic carbocycles. The highest BCUT2D eigenvalue weighted by atomic mass is 32.2. The van der Waals surface area contributed by atoms with Gasteiger partial charge in [0.15, 0.2) is 5.82 Å². The van der Waals surface area contributed by atoms with Gasteiger partial charge in [0.25, 0.3) is 5.89 Å². The molecule has 0 saturated carbocycles. The van der Waals surface area contributed by atoms with Gasteiger partial charge < -0.3 is 10.3 Å². The van der Waals surface area contributed by atoms with Crippen molar-refractivity contribution in [2.45, 2.75) is 30.9 Å². The molecule has 2 N–H and O–H groups in total. The quantitative estimate of drug-likeness (QED) is 0.936. The number of hydrogen-bond acceptors (Lipinski definition) is 5. The lowest BCUT2D eigenvalue weighted by Crippen LogP contribution is -2.04. The van der Waals surface area contributed by atoms with E-state index in [1.54, 1.807) is 0 Å². The van der Waals surface area contributed by atoms with Crippen LogP contribution in [0.25, 0.3) is 11.5 Å². The van der Waals surface area contributed by atoms with E-state index < -0.39 is 0 Å². The molecule has 1 saturated heterocycles. The first-order valence-corrected chi connectivity index (χ1v) is 8.17. The zero-order valence-corrected chi connectivity index (χ0v) is 12.2. The van der Waals surface area contributed by atoms with E-state index in [9.17, 15) is 0 Å². The number of hydrogen-bond donors (Lipinski definition) is 1. The summed E-state index contributed by atoms with van der Waals surface area (Å²) in [6.45, 7) is 0.622. The number of aromatic nitrogens is 2. The number of nitrogens with zero attached hydrogens (tertiary/aromatic N) is 2. The number of benzene rings is 1. The van der Waals surface area contributed by atoms with Crippen LogP contribution in [0.1, 0.15) is 35.9 Å². The zero-order valence-electron chi connectivity index (χ0n) is 11.4. The van der Waals surface area contributed by atoms with Crippen LogP contribution in [0.2, 0.25) is 0 Å². The van der Waals surface area contributed by atoms with Crippen molar-refractivity contribution in [1.29, 1.82) is 0 Å². The maximum Gasteiger partial charge on any atom is 0.258 e. The number of nitrogens with two attached hydrogens (primary N) is 1. The smallest absolute Gasteiger partial charge is 0.258 e. The Morgan fingerprint density at radius 3 is 3.00 bits per heavy atom. The van der Waals surface area contributed by atoms with Gasteiger partial charge in [0.1, 0.15) is 0 Å². The second kappa shape index (κ2) is 6.41. The van der Waals surface area contributed by atoms with Crippen LogP contribution in [0.3, 0.4) is 0 Å². The van der Waals surface area contributed by atoms with Crippen molar-refractivity contribution < 1.29 is 4.52 Å². The third-order valence-electron chi connectivity index (χ3n) is 3.57. The minimum atomic E-state index is 0.392. The Balaban J connectivity index is 1.86. The van der Waals surface area contributed by atoms with Gasteiger partial charge in [-0.15, -0.1) is 0 Å². The maximum absolute atomic E-state index is 5.66. The summed E-state index contributed by atoms with van der Waals surface area (Å²) in [5, 5.41) is 4.57. The van der Waals surface area contributed by atoms with Gasteiger partial charge in [-0.25, -0.2) is 0 Å². The van der Waals surface area contributed by atoms with Crippen LogP contribution >= 0.6 is 11.8 Å². The molecular formula is C15H19N3OS. The summed E-state index contributed by atoms with van der Waals surface area (Å²) in [4.78, 5) is 4.61. The lowest BCUT2D eigenvalue weighted by Gasteiger charge is -2.17. The zero-order chi connectivity index (χ0) is 13.8. The molecule has 1 aliphatic heterocycles. The van der Waals surface area contributed by atoms with Crippen LogP contribution in [0.5, 0.6) is 0 Å². The van der Waals surface area contributed by atoms with E-state index >= 15 is 0 Å². The Kier molecular flexibility index (Phi) is 4.38. The molecule has 1 atom stereocenters. The Morgan fingerprint density at radius 1 is 1.30 bits per heavy atom. The number of rotatable bonds is 4.